The lowest BCUT2D eigenvalue weighted by Crippen LogP contribution is -2.21. The van der Waals surface area contributed by atoms with Crippen LogP contribution in [0.5, 0.6) is 11.5 Å². The Bertz CT molecular complexity index is 883. The number of non-ortho nitro benzene ring substituents is 1. The monoisotopic (exact) mass is 375 g/mol. The van der Waals surface area contributed by atoms with Crippen molar-refractivity contribution in [3.8, 4) is 11.5 Å². The van der Waals surface area contributed by atoms with Gasteiger partial charge in [0.1, 0.15) is 11.5 Å². The SMILES string of the molecule is COc1ccc(NC(=O)COC(=O)c2cc([N+](=O)[O-])ccc2N)c(OC)c1. The largest absolute Gasteiger partial charge is 0.497 e. The molecule has 27 heavy (non-hydrogen) atoms. The zero-order valence-corrected chi connectivity index (χ0v) is 14.6. The number of benzene rings is 2. The molecule has 10 nitrogen and oxygen atoms in total. The Morgan fingerprint density at radius 3 is 2.52 bits per heavy atom. The minimum Gasteiger partial charge on any atom is -0.497 e. The van der Waals surface area contributed by atoms with Gasteiger partial charge in [0.05, 0.1) is 30.4 Å². The van der Waals surface area contributed by atoms with Crippen LogP contribution in [0.2, 0.25) is 0 Å². The van der Waals surface area contributed by atoms with E-state index in [1.54, 1.807) is 18.2 Å². The lowest BCUT2D eigenvalue weighted by Gasteiger charge is -2.12. The lowest BCUT2D eigenvalue weighted by molar-refractivity contribution is -0.384. The van der Waals surface area contributed by atoms with Gasteiger partial charge >= 0.3 is 5.97 Å². The fourth-order valence-electron chi connectivity index (χ4n) is 2.13. The summed E-state index contributed by atoms with van der Waals surface area (Å²) in [4.78, 5) is 34.2. The van der Waals surface area contributed by atoms with Crippen LogP contribution in [0, 0.1) is 10.1 Å². The van der Waals surface area contributed by atoms with Crippen LogP contribution in [-0.4, -0.2) is 37.6 Å². The van der Waals surface area contributed by atoms with Crippen molar-refractivity contribution in [2.45, 2.75) is 0 Å². The van der Waals surface area contributed by atoms with Gasteiger partial charge in [0.15, 0.2) is 6.61 Å². The van der Waals surface area contributed by atoms with E-state index >= 15 is 0 Å². The molecule has 0 unspecified atom stereocenters. The standard InChI is InChI=1S/C17H17N3O7/c1-25-11-4-6-14(15(8-11)26-2)19-16(21)9-27-17(22)12-7-10(20(23)24)3-5-13(12)18/h3-8H,9,18H2,1-2H3,(H,19,21). The van der Waals surface area contributed by atoms with E-state index < -0.39 is 23.4 Å². The highest BCUT2D eigenvalue weighted by molar-refractivity contribution is 5.99. The highest BCUT2D eigenvalue weighted by Gasteiger charge is 2.18. The molecule has 2 rings (SSSR count). The summed E-state index contributed by atoms with van der Waals surface area (Å²) in [7, 11) is 2.92. The van der Waals surface area contributed by atoms with Crippen molar-refractivity contribution in [2.75, 3.05) is 31.9 Å². The third-order valence-corrected chi connectivity index (χ3v) is 3.48. The van der Waals surface area contributed by atoms with Crippen LogP contribution in [0.3, 0.4) is 0 Å². The molecule has 2 aromatic rings. The number of nitro groups is 1. The van der Waals surface area contributed by atoms with Gasteiger partial charge in [-0.25, -0.2) is 4.79 Å². The van der Waals surface area contributed by atoms with Crippen LogP contribution in [0.4, 0.5) is 17.1 Å². The predicted octanol–water partition coefficient (Wildman–Crippen LogP) is 1.99. The summed E-state index contributed by atoms with van der Waals surface area (Å²) in [5.74, 6) is -0.682. The number of nitrogens with zero attached hydrogens (tertiary/aromatic N) is 1. The summed E-state index contributed by atoms with van der Waals surface area (Å²) in [6.07, 6.45) is 0. The summed E-state index contributed by atoms with van der Waals surface area (Å²) in [6.45, 7) is -0.615. The number of nitrogens with two attached hydrogens (primary N) is 1. The topological polar surface area (TPSA) is 143 Å². The van der Waals surface area contributed by atoms with Gasteiger partial charge in [0.25, 0.3) is 11.6 Å². The molecule has 0 aliphatic rings. The molecule has 0 saturated heterocycles. The van der Waals surface area contributed by atoms with Crippen molar-refractivity contribution in [1.82, 2.24) is 0 Å². The fourth-order valence-corrected chi connectivity index (χ4v) is 2.13. The minimum atomic E-state index is -0.951. The zero-order valence-electron chi connectivity index (χ0n) is 14.6. The summed E-state index contributed by atoms with van der Waals surface area (Å²) in [6, 6.07) is 8.13. The average molecular weight is 375 g/mol. The van der Waals surface area contributed by atoms with Crippen LogP contribution < -0.4 is 20.5 Å². The zero-order chi connectivity index (χ0) is 20.0. The maximum atomic E-state index is 12.1. The van der Waals surface area contributed by atoms with E-state index in [-0.39, 0.29) is 16.9 Å². The van der Waals surface area contributed by atoms with Gasteiger partial charge in [0, 0.05) is 23.9 Å². The van der Waals surface area contributed by atoms with Crippen LogP contribution in [0.15, 0.2) is 36.4 Å². The van der Waals surface area contributed by atoms with Crippen molar-refractivity contribution < 1.29 is 28.7 Å². The molecule has 0 atom stereocenters. The van der Waals surface area contributed by atoms with E-state index in [1.807, 2.05) is 0 Å². The average Bonchev–Trinajstić information content (AvgIpc) is 2.66. The molecule has 0 aliphatic heterocycles. The van der Waals surface area contributed by atoms with E-state index in [0.29, 0.717) is 17.2 Å². The molecule has 0 heterocycles. The summed E-state index contributed by atoms with van der Waals surface area (Å²) in [5.41, 5.74) is 5.48. The van der Waals surface area contributed by atoms with Crippen molar-refractivity contribution >= 4 is 28.9 Å². The molecule has 142 valence electrons. The second-order valence-electron chi connectivity index (χ2n) is 5.22. The number of carbonyl (C=O) groups excluding carboxylic acids is 2. The van der Waals surface area contributed by atoms with Gasteiger partial charge < -0.3 is 25.3 Å². The van der Waals surface area contributed by atoms with Crippen molar-refractivity contribution in [2.24, 2.45) is 0 Å². The Morgan fingerprint density at radius 1 is 1.15 bits per heavy atom. The predicted molar refractivity (Wildman–Crippen MR) is 96.0 cm³/mol. The van der Waals surface area contributed by atoms with E-state index in [9.17, 15) is 19.7 Å². The molecule has 2 aromatic carbocycles. The molecule has 0 aliphatic carbocycles. The smallest absolute Gasteiger partial charge is 0.341 e. The summed E-state index contributed by atoms with van der Waals surface area (Å²) in [5, 5.41) is 13.3. The first kappa shape index (κ1) is 19.5. The first-order valence-electron chi connectivity index (χ1n) is 7.58. The van der Waals surface area contributed by atoms with Gasteiger partial charge in [-0.1, -0.05) is 0 Å². The second kappa shape index (κ2) is 8.52. The van der Waals surface area contributed by atoms with Crippen molar-refractivity contribution in [3.63, 3.8) is 0 Å². The quantitative estimate of drug-likeness (QED) is 0.324. The molecule has 0 fully saturated rings. The van der Waals surface area contributed by atoms with Gasteiger partial charge in [-0.15, -0.1) is 0 Å². The van der Waals surface area contributed by atoms with E-state index in [2.05, 4.69) is 5.32 Å². The first-order valence-corrected chi connectivity index (χ1v) is 7.58. The summed E-state index contributed by atoms with van der Waals surface area (Å²) >= 11 is 0. The number of nitrogens with one attached hydrogen (secondary N) is 1. The van der Waals surface area contributed by atoms with Gasteiger partial charge in [-0.2, -0.15) is 0 Å². The number of nitrogen functional groups attached to an aromatic ring is 1. The Hall–Kier alpha value is -3.82. The first-order chi connectivity index (χ1) is 12.8. The third-order valence-electron chi connectivity index (χ3n) is 3.48. The Balaban J connectivity index is 2.03. The normalized spacial score (nSPS) is 10.0. The van der Waals surface area contributed by atoms with Crippen LogP contribution >= 0.6 is 0 Å². The molecule has 0 spiro atoms. The summed E-state index contributed by atoms with van der Waals surface area (Å²) < 4.78 is 15.1. The molecule has 10 heteroatoms. The van der Waals surface area contributed by atoms with Gasteiger partial charge in [-0.3, -0.25) is 14.9 Å². The van der Waals surface area contributed by atoms with E-state index in [1.165, 1.54) is 20.3 Å². The van der Waals surface area contributed by atoms with E-state index in [0.717, 1.165) is 12.1 Å². The number of hydrogen-bond donors (Lipinski definition) is 2. The number of carbonyl (C=O) groups is 2. The van der Waals surface area contributed by atoms with Gasteiger partial charge in [-0.05, 0) is 18.2 Å². The molecule has 0 radical (unpaired) electrons. The second-order valence-corrected chi connectivity index (χ2v) is 5.22. The molecule has 3 N–H and O–H groups in total. The number of amides is 1. The Kier molecular flexibility index (Phi) is 6.15. The van der Waals surface area contributed by atoms with Crippen LogP contribution in [0.25, 0.3) is 0 Å². The molecular formula is C17H17N3O7. The lowest BCUT2D eigenvalue weighted by atomic mass is 10.1. The number of ether oxygens (including phenoxy) is 3. The van der Waals surface area contributed by atoms with E-state index in [4.69, 9.17) is 19.9 Å². The highest BCUT2D eigenvalue weighted by Crippen LogP contribution is 2.29. The molecule has 0 aromatic heterocycles. The van der Waals surface area contributed by atoms with Crippen LogP contribution in [0.1, 0.15) is 10.4 Å². The number of esters is 1. The Morgan fingerprint density at radius 2 is 1.89 bits per heavy atom. The maximum absolute atomic E-state index is 12.1. The number of nitro benzene ring substituents is 1. The highest BCUT2D eigenvalue weighted by atomic mass is 16.6. The number of anilines is 2. The van der Waals surface area contributed by atoms with Crippen molar-refractivity contribution in [3.05, 3.63) is 52.1 Å². The Labute approximate surface area is 154 Å². The van der Waals surface area contributed by atoms with Crippen LogP contribution in [-0.2, 0) is 9.53 Å². The van der Waals surface area contributed by atoms with Crippen molar-refractivity contribution in [1.29, 1.82) is 0 Å². The number of hydrogen-bond acceptors (Lipinski definition) is 8. The fraction of sp³-hybridized carbons (Fsp3) is 0.176. The molecule has 1 amide bonds. The maximum Gasteiger partial charge on any atom is 0.341 e. The number of methoxy groups -OCH3 is 2. The number of rotatable bonds is 7. The molecule has 0 bridgehead atoms. The molecule has 0 saturated carbocycles. The minimum absolute atomic E-state index is 0.00262. The van der Waals surface area contributed by atoms with Gasteiger partial charge in [0.2, 0.25) is 0 Å². The third kappa shape index (κ3) is 4.84. The molecular weight excluding hydrogens is 358 g/mol.